The van der Waals surface area contributed by atoms with Gasteiger partial charge in [-0.1, -0.05) is 44.5 Å². The molecule has 0 N–H and O–H groups in total. The number of carbonyl (C=O) groups excluding carboxylic acids is 2. The Hall–Kier alpha value is -3.19. The van der Waals surface area contributed by atoms with Gasteiger partial charge in [-0.25, -0.2) is 4.39 Å². The molecule has 0 saturated carbocycles. The van der Waals surface area contributed by atoms with Crippen molar-refractivity contribution in [2.45, 2.75) is 32.7 Å². The van der Waals surface area contributed by atoms with Crippen molar-refractivity contribution in [1.82, 2.24) is 9.80 Å². The second kappa shape index (κ2) is 11.5. The van der Waals surface area contributed by atoms with Crippen LogP contribution in [0.15, 0.2) is 66.0 Å². The van der Waals surface area contributed by atoms with E-state index in [4.69, 9.17) is 4.74 Å². The highest BCUT2D eigenvalue weighted by atomic mass is 32.1. The van der Waals surface area contributed by atoms with E-state index in [-0.39, 0.29) is 42.7 Å². The fourth-order valence-corrected chi connectivity index (χ4v) is 5.28. The van der Waals surface area contributed by atoms with E-state index in [0.717, 1.165) is 18.4 Å². The fourth-order valence-electron chi connectivity index (χ4n) is 4.35. The summed E-state index contributed by atoms with van der Waals surface area (Å²) in [5.74, 6) is 0.0857. The number of amides is 2. The zero-order valence-electron chi connectivity index (χ0n) is 20.2. The first-order valence-corrected chi connectivity index (χ1v) is 12.9. The summed E-state index contributed by atoms with van der Waals surface area (Å²) in [6.07, 6.45) is 1.69. The third-order valence-corrected chi connectivity index (χ3v) is 7.48. The zero-order valence-corrected chi connectivity index (χ0v) is 21.0. The van der Waals surface area contributed by atoms with E-state index in [1.807, 2.05) is 34.5 Å². The molecule has 2 atom stereocenters. The molecular formula is C28H31FN2O3S. The van der Waals surface area contributed by atoms with Crippen LogP contribution in [0.3, 0.4) is 0 Å². The Balaban J connectivity index is 1.54. The quantitative estimate of drug-likeness (QED) is 0.390. The molecule has 0 aliphatic carbocycles. The Kier molecular flexibility index (Phi) is 8.18. The normalized spacial score (nSPS) is 15.9. The number of benzene rings is 2. The zero-order chi connectivity index (χ0) is 24.8. The number of hydrogen-bond donors (Lipinski definition) is 0. The van der Waals surface area contributed by atoms with Gasteiger partial charge in [0.05, 0.1) is 6.04 Å². The summed E-state index contributed by atoms with van der Waals surface area (Å²) in [4.78, 5) is 31.7. The molecule has 0 bridgehead atoms. The molecule has 2 amide bonds. The number of carbonyl (C=O) groups is 2. The molecule has 184 valence electrons. The first-order chi connectivity index (χ1) is 17.0. The van der Waals surface area contributed by atoms with Crippen molar-refractivity contribution in [2.24, 2.45) is 5.92 Å². The third kappa shape index (κ3) is 6.09. The predicted molar refractivity (Wildman–Crippen MR) is 136 cm³/mol. The van der Waals surface area contributed by atoms with E-state index >= 15 is 0 Å². The maximum absolute atomic E-state index is 13.6. The SMILES string of the molecule is CC[C@@H](C)CN(CC(=O)N1CCc2sccc2[C@H]1COc1cccc(F)c1)C(=O)c1ccccc1. The lowest BCUT2D eigenvalue weighted by molar-refractivity contribution is -0.135. The Morgan fingerprint density at radius 1 is 1.17 bits per heavy atom. The van der Waals surface area contributed by atoms with Crippen molar-refractivity contribution in [1.29, 1.82) is 0 Å². The largest absolute Gasteiger partial charge is 0.491 e. The molecule has 35 heavy (non-hydrogen) atoms. The van der Waals surface area contributed by atoms with Gasteiger partial charge in [-0.05, 0) is 53.6 Å². The smallest absolute Gasteiger partial charge is 0.254 e. The number of hydrogen-bond acceptors (Lipinski definition) is 4. The van der Waals surface area contributed by atoms with E-state index in [1.54, 1.807) is 40.5 Å². The van der Waals surface area contributed by atoms with E-state index in [9.17, 15) is 14.0 Å². The van der Waals surface area contributed by atoms with Crippen LogP contribution in [0.25, 0.3) is 0 Å². The van der Waals surface area contributed by atoms with Crippen LogP contribution in [0.1, 0.15) is 47.1 Å². The number of rotatable bonds is 9. The van der Waals surface area contributed by atoms with E-state index in [2.05, 4.69) is 13.8 Å². The molecule has 3 aromatic rings. The molecule has 1 aliphatic rings. The minimum Gasteiger partial charge on any atom is -0.491 e. The second-order valence-corrected chi connectivity index (χ2v) is 9.99. The maximum atomic E-state index is 13.6. The summed E-state index contributed by atoms with van der Waals surface area (Å²) in [5.41, 5.74) is 1.64. The average molecular weight is 495 g/mol. The second-order valence-electron chi connectivity index (χ2n) is 8.99. The van der Waals surface area contributed by atoms with Gasteiger partial charge in [-0.3, -0.25) is 9.59 Å². The van der Waals surface area contributed by atoms with Crippen molar-refractivity contribution in [3.8, 4) is 5.75 Å². The van der Waals surface area contributed by atoms with Crippen LogP contribution >= 0.6 is 11.3 Å². The molecule has 0 unspecified atom stereocenters. The van der Waals surface area contributed by atoms with E-state index in [1.165, 1.54) is 17.0 Å². The Morgan fingerprint density at radius 3 is 2.71 bits per heavy atom. The summed E-state index contributed by atoms with van der Waals surface area (Å²) in [7, 11) is 0. The van der Waals surface area contributed by atoms with Gasteiger partial charge in [0.15, 0.2) is 0 Å². The lowest BCUT2D eigenvalue weighted by Crippen LogP contribution is -2.48. The topological polar surface area (TPSA) is 49.9 Å². The van der Waals surface area contributed by atoms with Crippen molar-refractivity contribution < 1.29 is 18.7 Å². The Bertz CT molecular complexity index is 1150. The van der Waals surface area contributed by atoms with Crippen molar-refractivity contribution >= 4 is 23.2 Å². The maximum Gasteiger partial charge on any atom is 0.254 e. The first kappa shape index (κ1) is 24.9. The van der Waals surface area contributed by atoms with Crippen LogP contribution in [0, 0.1) is 11.7 Å². The lowest BCUT2D eigenvalue weighted by atomic mass is 10.00. The highest BCUT2D eigenvalue weighted by molar-refractivity contribution is 7.10. The van der Waals surface area contributed by atoms with E-state index < -0.39 is 0 Å². The average Bonchev–Trinajstić information content (AvgIpc) is 3.36. The van der Waals surface area contributed by atoms with Crippen molar-refractivity contribution in [2.75, 3.05) is 26.2 Å². The molecule has 2 heterocycles. The number of thiophene rings is 1. The molecule has 0 fully saturated rings. The van der Waals surface area contributed by atoms with Crippen LogP contribution in [-0.2, 0) is 11.2 Å². The minimum atomic E-state index is -0.365. The van der Waals surface area contributed by atoms with Crippen molar-refractivity contribution in [3.05, 3.63) is 87.9 Å². The summed E-state index contributed by atoms with van der Waals surface area (Å²) >= 11 is 1.68. The van der Waals surface area contributed by atoms with Gasteiger partial charge >= 0.3 is 0 Å². The van der Waals surface area contributed by atoms with Gasteiger partial charge in [0, 0.05) is 29.6 Å². The molecule has 0 spiro atoms. The standard InChI is InChI=1S/C28H31FN2O3S/c1-3-20(2)17-30(28(33)21-8-5-4-6-9-21)18-27(32)31-14-12-26-24(13-15-35-26)25(31)19-34-23-11-7-10-22(29)16-23/h4-11,13,15-16,20,25H,3,12,14,17-19H2,1-2H3/t20-,25-/m1/s1. The number of nitrogens with zero attached hydrogens (tertiary/aromatic N) is 2. The van der Waals surface area contributed by atoms with Gasteiger partial charge in [-0.15, -0.1) is 11.3 Å². The minimum absolute atomic E-state index is 0.00794. The molecule has 2 aromatic carbocycles. The van der Waals surface area contributed by atoms with Gasteiger partial charge < -0.3 is 14.5 Å². The summed E-state index contributed by atoms with van der Waals surface area (Å²) in [5, 5.41) is 2.03. The van der Waals surface area contributed by atoms with Gasteiger partial charge in [0.25, 0.3) is 5.91 Å². The van der Waals surface area contributed by atoms with Gasteiger partial charge in [0.1, 0.15) is 24.7 Å². The van der Waals surface area contributed by atoms with Crippen LogP contribution in [0.5, 0.6) is 5.75 Å². The predicted octanol–water partition coefficient (Wildman–Crippen LogP) is 5.58. The fraction of sp³-hybridized carbons (Fsp3) is 0.357. The molecule has 5 nitrogen and oxygen atoms in total. The van der Waals surface area contributed by atoms with E-state index in [0.29, 0.717) is 24.4 Å². The monoisotopic (exact) mass is 494 g/mol. The molecule has 1 aliphatic heterocycles. The highest BCUT2D eigenvalue weighted by Gasteiger charge is 2.34. The van der Waals surface area contributed by atoms with Crippen LogP contribution < -0.4 is 4.74 Å². The highest BCUT2D eigenvalue weighted by Crippen LogP contribution is 2.34. The molecule has 4 rings (SSSR count). The first-order valence-electron chi connectivity index (χ1n) is 12.0. The van der Waals surface area contributed by atoms with Crippen LogP contribution in [0.2, 0.25) is 0 Å². The Morgan fingerprint density at radius 2 is 1.97 bits per heavy atom. The number of halogens is 1. The summed E-state index contributed by atoms with van der Waals surface area (Å²) in [6.45, 7) is 5.47. The number of fused-ring (bicyclic) bond motifs is 1. The Labute approximate surface area is 210 Å². The molecule has 0 radical (unpaired) electrons. The van der Waals surface area contributed by atoms with Crippen LogP contribution in [-0.4, -0.2) is 47.9 Å². The van der Waals surface area contributed by atoms with Crippen LogP contribution in [0.4, 0.5) is 4.39 Å². The van der Waals surface area contributed by atoms with Gasteiger partial charge in [-0.2, -0.15) is 0 Å². The molecule has 7 heteroatoms. The lowest BCUT2D eigenvalue weighted by Gasteiger charge is -2.37. The molecule has 1 aromatic heterocycles. The summed E-state index contributed by atoms with van der Waals surface area (Å²) in [6, 6.07) is 16.9. The third-order valence-electron chi connectivity index (χ3n) is 6.48. The molecule has 0 saturated heterocycles. The summed E-state index contributed by atoms with van der Waals surface area (Å²) < 4.78 is 19.6. The van der Waals surface area contributed by atoms with Gasteiger partial charge in [0.2, 0.25) is 5.91 Å². The molecular weight excluding hydrogens is 463 g/mol. The van der Waals surface area contributed by atoms with Crippen molar-refractivity contribution in [3.63, 3.8) is 0 Å². The number of ether oxygens (including phenoxy) is 1.